The number of aryl methyl sites for hydroxylation is 1. The van der Waals surface area contributed by atoms with Crippen molar-refractivity contribution in [2.75, 3.05) is 25.4 Å². The Morgan fingerprint density at radius 1 is 1.08 bits per heavy atom. The van der Waals surface area contributed by atoms with Crippen LogP contribution in [0.3, 0.4) is 0 Å². The van der Waals surface area contributed by atoms with Gasteiger partial charge in [0.15, 0.2) is 0 Å². The van der Waals surface area contributed by atoms with Crippen molar-refractivity contribution >= 4 is 58.0 Å². The highest BCUT2D eigenvalue weighted by molar-refractivity contribution is 7.80. The van der Waals surface area contributed by atoms with E-state index < -0.39 is 28.2 Å². The number of carbonyl (C=O) groups is 1. The topological polar surface area (TPSA) is 48.0 Å². The van der Waals surface area contributed by atoms with E-state index in [-0.39, 0.29) is 18.1 Å². The predicted octanol–water partition coefficient (Wildman–Crippen LogP) is 7.84. The zero-order valence-corrected chi connectivity index (χ0v) is 31.8. The lowest BCUT2D eigenvalue weighted by Crippen LogP contribution is -2.46. The van der Waals surface area contributed by atoms with Crippen LogP contribution in [0.1, 0.15) is 110 Å². The van der Waals surface area contributed by atoms with Gasteiger partial charge in [0.05, 0.1) is 41.1 Å². The number of thiol groups is 1. The van der Waals surface area contributed by atoms with E-state index in [1.807, 2.05) is 26.0 Å². The summed E-state index contributed by atoms with van der Waals surface area (Å²) in [6.45, 7) is 14.4. The average Bonchev–Trinajstić information content (AvgIpc) is 3.34. The summed E-state index contributed by atoms with van der Waals surface area (Å²) in [5.41, 5.74) is 2.59. The molecule has 4 aliphatic rings. The van der Waals surface area contributed by atoms with E-state index >= 15 is 0 Å². The molecule has 1 aromatic rings. The fraction of sp³-hybridized carbons (Fsp3) is 0.806. The van der Waals surface area contributed by atoms with Crippen molar-refractivity contribution in [2.24, 2.45) is 22.7 Å². The van der Waals surface area contributed by atoms with Crippen molar-refractivity contribution in [3.8, 4) is 5.75 Å². The highest BCUT2D eigenvalue weighted by Crippen LogP contribution is 2.62. The first-order valence-electron chi connectivity index (χ1n) is 18.0. The average molecular weight is 707 g/mol. The zero-order chi connectivity index (χ0) is 37.7. The highest BCUT2D eigenvalue weighted by atomic mass is 32.1. The molecule has 5 rings (SSSR count). The van der Waals surface area contributed by atoms with Gasteiger partial charge in [-0.15, -0.1) is 23.5 Å². The van der Waals surface area contributed by atoms with Crippen LogP contribution in [0.15, 0.2) is 18.2 Å². The second-order valence-electron chi connectivity index (χ2n) is 16.2. The minimum atomic E-state index is -4.58. The van der Waals surface area contributed by atoms with Gasteiger partial charge in [-0.3, -0.25) is 4.74 Å². The zero-order valence-electron chi connectivity index (χ0n) is 30.9. The largest absolute Gasteiger partial charge is 0.522 e. The Labute approximate surface area is 311 Å². The molecule has 5 nitrogen and oxygen atoms in total. The summed E-state index contributed by atoms with van der Waals surface area (Å²) in [5.74, 6) is 2.21. The summed E-state index contributed by atoms with van der Waals surface area (Å²) in [4.78, 5) is 14.2. The molecular weight excluding hydrogens is 654 g/mol. The Kier molecular flexibility index (Phi) is 15.0. The van der Waals surface area contributed by atoms with Gasteiger partial charge in [0.1, 0.15) is 5.75 Å². The fourth-order valence-electron chi connectivity index (χ4n) is 7.67. The predicted molar refractivity (Wildman–Crippen MR) is 202 cm³/mol. The van der Waals surface area contributed by atoms with Crippen molar-refractivity contribution in [3.05, 3.63) is 29.3 Å². The van der Waals surface area contributed by atoms with Crippen LogP contribution in [0, 0.1) is 22.7 Å². The molecule has 3 aliphatic carbocycles. The van der Waals surface area contributed by atoms with E-state index in [1.165, 1.54) is 17.5 Å². The lowest BCUT2D eigenvalue weighted by Gasteiger charge is -2.50. The van der Waals surface area contributed by atoms with Gasteiger partial charge in [0.2, 0.25) is 0 Å². The third kappa shape index (κ3) is 11.7. The summed E-state index contributed by atoms with van der Waals surface area (Å²) < 4.78 is 54.6. The molecule has 1 aliphatic heterocycles. The molecule has 6 unspecified atom stereocenters. The van der Waals surface area contributed by atoms with E-state index in [4.69, 9.17) is 48.7 Å². The van der Waals surface area contributed by atoms with Gasteiger partial charge in [-0.25, -0.2) is 4.79 Å². The van der Waals surface area contributed by atoms with E-state index in [0.717, 1.165) is 38.5 Å². The van der Waals surface area contributed by atoms with Gasteiger partial charge in [0, 0.05) is 30.1 Å². The van der Waals surface area contributed by atoms with E-state index in [1.54, 1.807) is 4.90 Å². The number of fused-ring (bicyclic) bond motifs is 5. The first-order valence-corrected chi connectivity index (χ1v) is 18.7. The SMILES string of the molecule is CC1CN(C(=O)Oc2ccc3c(c2)CCC2C3CCC3(C)C(OC(F)(F)F)CCC23)CCO1.CCC(C)(C)C.[B]C([B])([B])C([B])([B])CCCS. The number of rotatable bonds is 6. The molecule has 0 bridgehead atoms. The molecule has 1 amide bonds. The highest BCUT2D eigenvalue weighted by Gasteiger charge is 2.57. The number of carbonyl (C=O) groups excluding carboxylic acids is 1. The van der Waals surface area contributed by atoms with Crippen LogP contribution < -0.4 is 4.74 Å². The Morgan fingerprint density at radius 3 is 2.30 bits per heavy atom. The molecule has 3 fully saturated rings. The van der Waals surface area contributed by atoms with E-state index in [0.29, 0.717) is 61.3 Å². The number of hydrogen-bond acceptors (Lipinski definition) is 5. The van der Waals surface area contributed by atoms with Gasteiger partial charge >= 0.3 is 12.5 Å². The number of benzene rings is 1. The van der Waals surface area contributed by atoms with Gasteiger partial charge < -0.3 is 14.4 Å². The molecule has 268 valence electrons. The van der Waals surface area contributed by atoms with E-state index in [2.05, 4.69) is 51.1 Å². The molecule has 0 spiro atoms. The molecular formula is C36H53B5F3NO4S. The molecule has 6 atom stereocenters. The van der Waals surface area contributed by atoms with Gasteiger partial charge in [-0.1, -0.05) is 53.5 Å². The number of ether oxygens (including phenoxy) is 3. The third-order valence-corrected chi connectivity index (χ3v) is 11.5. The van der Waals surface area contributed by atoms with Crippen LogP contribution in [-0.4, -0.2) is 94.2 Å². The Balaban J connectivity index is 0.000000331. The van der Waals surface area contributed by atoms with Crippen molar-refractivity contribution in [1.29, 1.82) is 0 Å². The second-order valence-corrected chi connectivity index (χ2v) is 16.6. The summed E-state index contributed by atoms with van der Waals surface area (Å²) in [6, 6.07) is 5.91. The summed E-state index contributed by atoms with van der Waals surface area (Å²) in [7, 11) is 27.1. The number of amides is 1. The maximum absolute atomic E-state index is 13.0. The number of nitrogens with zero attached hydrogens (tertiary/aromatic N) is 1. The van der Waals surface area contributed by atoms with Gasteiger partial charge in [-0.05, 0) is 109 Å². The molecule has 1 heterocycles. The maximum Gasteiger partial charge on any atom is 0.522 e. The summed E-state index contributed by atoms with van der Waals surface area (Å²) in [5, 5.41) is -2.76. The molecule has 2 saturated carbocycles. The number of halogens is 3. The van der Waals surface area contributed by atoms with Crippen molar-refractivity contribution in [2.45, 2.75) is 134 Å². The van der Waals surface area contributed by atoms with Crippen molar-refractivity contribution < 1.29 is 32.2 Å². The van der Waals surface area contributed by atoms with Crippen LogP contribution >= 0.6 is 12.6 Å². The van der Waals surface area contributed by atoms with Crippen LogP contribution in [-0.2, 0) is 15.9 Å². The van der Waals surface area contributed by atoms with E-state index in [9.17, 15) is 18.0 Å². The standard InChI is InChI=1S/C25H32F3NO4.C6H14.C5H7B5S/c1-15-14-29(11-12-31-15)23(30)32-17-4-6-18-16(13-17)3-5-20-19(18)9-10-24(2)21(20)7-8-22(24)33-25(26,27)28;1-5-6(2,3)4;6-4(7,2-1-3-11)5(8,9)10/h4,6,13,15,19-22H,3,5,7-12,14H2,1-2H3;5H2,1-4H3;11H,1-3H2. The first-order chi connectivity index (χ1) is 23.0. The second kappa shape index (κ2) is 17.3. The third-order valence-electron chi connectivity index (χ3n) is 11.2. The number of alkyl halides is 3. The number of hydrogen-bond donors (Lipinski definition) is 1. The fourth-order valence-corrected chi connectivity index (χ4v) is 7.82. The van der Waals surface area contributed by atoms with Crippen LogP contribution in [0.25, 0.3) is 0 Å². The van der Waals surface area contributed by atoms with Gasteiger partial charge in [0.25, 0.3) is 0 Å². The molecule has 0 N–H and O–H groups in total. The Hall–Kier alpha value is -1.13. The van der Waals surface area contributed by atoms with Crippen LogP contribution in [0.2, 0.25) is 10.3 Å². The number of morpholine rings is 1. The smallest absolute Gasteiger partial charge is 0.410 e. The Morgan fingerprint density at radius 2 is 1.74 bits per heavy atom. The monoisotopic (exact) mass is 707 g/mol. The minimum absolute atomic E-state index is 0.000435. The lowest BCUT2D eigenvalue weighted by atomic mass is 9.22. The Bertz CT molecular complexity index is 1260. The summed E-state index contributed by atoms with van der Waals surface area (Å²) >= 11 is 3.99. The molecule has 50 heavy (non-hydrogen) atoms. The molecule has 1 aromatic carbocycles. The van der Waals surface area contributed by atoms with Crippen molar-refractivity contribution in [3.63, 3.8) is 0 Å². The molecule has 10 radical (unpaired) electrons. The van der Waals surface area contributed by atoms with Crippen LogP contribution in [0.5, 0.6) is 5.75 Å². The maximum atomic E-state index is 13.0. The lowest BCUT2D eigenvalue weighted by molar-refractivity contribution is -0.354. The summed E-state index contributed by atoms with van der Waals surface area (Å²) in [6.07, 6.45) is 1.49. The molecule has 1 saturated heterocycles. The minimum Gasteiger partial charge on any atom is -0.410 e. The molecule has 0 aromatic heterocycles. The van der Waals surface area contributed by atoms with Gasteiger partial charge in [-0.2, -0.15) is 12.6 Å². The van der Waals surface area contributed by atoms with Crippen LogP contribution in [0.4, 0.5) is 18.0 Å². The quantitative estimate of drug-likeness (QED) is 0.242. The van der Waals surface area contributed by atoms with Crippen molar-refractivity contribution in [1.82, 2.24) is 4.90 Å². The normalized spacial score (nSPS) is 28.1. The molecule has 14 heteroatoms. The first kappa shape index (κ1) is 43.3.